The van der Waals surface area contributed by atoms with Crippen molar-refractivity contribution in [1.29, 1.82) is 0 Å². The van der Waals surface area contributed by atoms with Crippen LogP contribution >= 0.6 is 12.4 Å². The Morgan fingerprint density at radius 1 is 1.25 bits per heavy atom. The smallest absolute Gasteiger partial charge is 0.351 e. The van der Waals surface area contributed by atoms with E-state index in [1.165, 1.54) is 6.07 Å². The fraction of sp³-hybridized carbons (Fsp3) is 0.533. The number of carbonyl (C=O) groups is 1. The van der Waals surface area contributed by atoms with Gasteiger partial charge in [0.1, 0.15) is 0 Å². The van der Waals surface area contributed by atoms with Crippen LogP contribution in [-0.4, -0.2) is 31.2 Å². The summed E-state index contributed by atoms with van der Waals surface area (Å²) in [6.07, 6.45) is -5.66. The molecule has 24 heavy (non-hydrogen) atoms. The van der Waals surface area contributed by atoms with Gasteiger partial charge in [0.15, 0.2) is 11.6 Å². The molecular formula is C15H18ClF5N2O. The molecule has 0 aliphatic carbocycles. The van der Waals surface area contributed by atoms with Gasteiger partial charge in [0.2, 0.25) is 5.91 Å². The van der Waals surface area contributed by atoms with Crippen LogP contribution in [-0.2, 0) is 4.79 Å². The lowest BCUT2D eigenvalue weighted by Gasteiger charge is -2.33. The number of hydrogen-bond donors (Lipinski definition) is 2. The van der Waals surface area contributed by atoms with Gasteiger partial charge in [-0.25, -0.2) is 8.78 Å². The first kappa shape index (κ1) is 20.6. The Kier molecular flexibility index (Phi) is 7.41. The molecule has 1 amide bonds. The minimum absolute atomic E-state index is 0. The molecule has 1 fully saturated rings. The second-order valence-corrected chi connectivity index (χ2v) is 5.56. The Hall–Kier alpha value is -1.41. The summed E-state index contributed by atoms with van der Waals surface area (Å²) >= 11 is 0. The Morgan fingerprint density at radius 3 is 2.58 bits per heavy atom. The molecular weight excluding hydrogens is 355 g/mol. The maximum atomic E-state index is 13.4. The SMILES string of the molecule is Cl.O=C(CCC(F)(F)F)NC1CNCCC1c1ccc(F)c(F)c1. The molecule has 1 aliphatic rings. The highest BCUT2D eigenvalue weighted by Gasteiger charge is 2.31. The molecule has 0 aromatic heterocycles. The highest BCUT2D eigenvalue weighted by Crippen LogP contribution is 2.27. The van der Waals surface area contributed by atoms with Crippen molar-refractivity contribution >= 4 is 18.3 Å². The lowest BCUT2D eigenvalue weighted by Crippen LogP contribution is -2.50. The third kappa shape index (κ3) is 5.90. The number of benzene rings is 1. The minimum Gasteiger partial charge on any atom is -0.351 e. The predicted molar refractivity (Wildman–Crippen MR) is 81.1 cm³/mol. The first-order valence-electron chi connectivity index (χ1n) is 7.28. The molecule has 1 heterocycles. The third-order valence-corrected chi connectivity index (χ3v) is 3.84. The van der Waals surface area contributed by atoms with E-state index in [-0.39, 0.29) is 18.3 Å². The second-order valence-electron chi connectivity index (χ2n) is 5.56. The van der Waals surface area contributed by atoms with Crippen molar-refractivity contribution in [3.05, 3.63) is 35.4 Å². The van der Waals surface area contributed by atoms with Crippen LogP contribution in [0, 0.1) is 11.6 Å². The van der Waals surface area contributed by atoms with Gasteiger partial charge in [0.05, 0.1) is 6.42 Å². The van der Waals surface area contributed by atoms with Crippen LogP contribution in [0.25, 0.3) is 0 Å². The quantitative estimate of drug-likeness (QED) is 0.796. The molecule has 136 valence electrons. The van der Waals surface area contributed by atoms with Crippen LogP contribution in [0.3, 0.4) is 0 Å². The minimum atomic E-state index is -4.39. The summed E-state index contributed by atoms with van der Waals surface area (Å²) in [5.74, 6) is -2.93. The summed E-state index contributed by atoms with van der Waals surface area (Å²) in [4.78, 5) is 11.7. The summed E-state index contributed by atoms with van der Waals surface area (Å²) in [7, 11) is 0. The van der Waals surface area contributed by atoms with Gasteiger partial charge in [-0.1, -0.05) is 6.07 Å². The molecule has 1 aromatic carbocycles. The lowest BCUT2D eigenvalue weighted by molar-refractivity contribution is -0.144. The fourth-order valence-electron chi connectivity index (χ4n) is 2.69. The Balaban J connectivity index is 0.00000288. The van der Waals surface area contributed by atoms with E-state index in [1.807, 2.05) is 0 Å². The highest BCUT2D eigenvalue weighted by molar-refractivity contribution is 5.85. The first-order valence-corrected chi connectivity index (χ1v) is 7.28. The molecule has 1 aromatic rings. The maximum Gasteiger partial charge on any atom is 0.389 e. The van der Waals surface area contributed by atoms with Crippen molar-refractivity contribution in [2.24, 2.45) is 0 Å². The zero-order valence-electron chi connectivity index (χ0n) is 12.6. The predicted octanol–water partition coefficient (Wildman–Crippen LogP) is 3.29. The Labute approximate surface area is 142 Å². The number of alkyl halides is 3. The number of hydrogen-bond acceptors (Lipinski definition) is 2. The Morgan fingerprint density at radius 2 is 1.96 bits per heavy atom. The highest BCUT2D eigenvalue weighted by atomic mass is 35.5. The van der Waals surface area contributed by atoms with Gasteiger partial charge >= 0.3 is 6.18 Å². The Bertz CT molecular complexity index is 567. The normalized spacial score (nSPS) is 21.0. The maximum absolute atomic E-state index is 13.4. The van der Waals surface area contributed by atoms with Crippen molar-refractivity contribution in [3.8, 4) is 0 Å². The molecule has 0 bridgehead atoms. The monoisotopic (exact) mass is 372 g/mol. The van der Waals surface area contributed by atoms with Gasteiger partial charge in [-0.05, 0) is 30.7 Å². The molecule has 9 heteroatoms. The van der Waals surface area contributed by atoms with Gasteiger partial charge in [-0.15, -0.1) is 12.4 Å². The molecule has 3 nitrogen and oxygen atoms in total. The number of amides is 1. The van der Waals surface area contributed by atoms with Gasteiger partial charge in [0.25, 0.3) is 0 Å². The van der Waals surface area contributed by atoms with E-state index >= 15 is 0 Å². The molecule has 2 atom stereocenters. The standard InChI is InChI=1S/C15H17F5N2O.ClH/c16-11-2-1-9(7-12(11)17)10-4-6-21-8-13(10)22-14(23)3-5-15(18,19)20;/h1-2,7,10,13,21H,3-6,8H2,(H,22,23);1H. The van der Waals surface area contributed by atoms with Crippen LogP contribution in [0.15, 0.2) is 18.2 Å². The lowest BCUT2D eigenvalue weighted by atomic mass is 9.86. The molecule has 2 N–H and O–H groups in total. The van der Waals surface area contributed by atoms with E-state index in [1.54, 1.807) is 0 Å². The van der Waals surface area contributed by atoms with Crippen LogP contribution < -0.4 is 10.6 Å². The zero-order valence-corrected chi connectivity index (χ0v) is 13.4. The van der Waals surface area contributed by atoms with E-state index in [2.05, 4.69) is 10.6 Å². The number of nitrogens with one attached hydrogen (secondary N) is 2. The first-order chi connectivity index (χ1) is 10.8. The topological polar surface area (TPSA) is 41.1 Å². The summed E-state index contributed by atoms with van der Waals surface area (Å²) < 4.78 is 62.8. The van der Waals surface area contributed by atoms with Crippen molar-refractivity contribution < 1.29 is 26.7 Å². The van der Waals surface area contributed by atoms with Crippen molar-refractivity contribution in [2.45, 2.75) is 37.4 Å². The second kappa shape index (κ2) is 8.62. The van der Waals surface area contributed by atoms with Crippen molar-refractivity contribution in [2.75, 3.05) is 13.1 Å². The van der Waals surface area contributed by atoms with Crippen LogP contribution in [0.1, 0.15) is 30.7 Å². The van der Waals surface area contributed by atoms with Gasteiger partial charge in [-0.3, -0.25) is 4.79 Å². The van der Waals surface area contributed by atoms with Crippen LogP contribution in [0.4, 0.5) is 22.0 Å². The number of rotatable bonds is 4. The van der Waals surface area contributed by atoms with E-state index in [9.17, 15) is 26.7 Å². The van der Waals surface area contributed by atoms with E-state index < -0.39 is 42.6 Å². The largest absolute Gasteiger partial charge is 0.389 e. The van der Waals surface area contributed by atoms with Gasteiger partial charge in [-0.2, -0.15) is 13.2 Å². The van der Waals surface area contributed by atoms with Crippen LogP contribution in [0.2, 0.25) is 0 Å². The van der Waals surface area contributed by atoms with E-state index in [0.717, 1.165) is 12.1 Å². The van der Waals surface area contributed by atoms with Gasteiger partial charge in [0, 0.05) is 24.9 Å². The average molecular weight is 373 g/mol. The zero-order chi connectivity index (χ0) is 17.0. The molecule has 0 spiro atoms. The number of halogens is 6. The van der Waals surface area contributed by atoms with E-state index in [4.69, 9.17) is 0 Å². The summed E-state index contributed by atoms with van der Waals surface area (Å²) in [5.41, 5.74) is 0.520. The molecule has 1 saturated heterocycles. The van der Waals surface area contributed by atoms with Crippen molar-refractivity contribution in [3.63, 3.8) is 0 Å². The number of piperidine rings is 1. The molecule has 2 rings (SSSR count). The summed E-state index contributed by atoms with van der Waals surface area (Å²) in [5, 5.41) is 5.59. The average Bonchev–Trinajstić information content (AvgIpc) is 2.48. The summed E-state index contributed by atoms with van der Waals surface area (Å²) in [6, 6.07) is 3.05. The third-order valence-electron chi connectivity index (χ3n) is 3.84. The van der Waals surface area contributed by atoms with E-state index in [0.29, 0.717) is 25.1 Å². The van der Waals surface area contributed by atoms with Gasteiger partial charge < -0.3 is 10.6 Å². The molecule has 1 aliphatic heterocycles. The van der Waals surface area contributed by atoms with Crippen LogP contribution in [0.5, 0.6) is 0 Å². The molecule has 0 radical (unpaired) electrons. The fourth-order valence-corrected chi connectivity index (χ4v) is 2.69. The number of carbonyl (C=O) groups excluding carboxylic acids is 1. The summed E-state index contributed by atoms with van der Waals surface area (Å²) in [6.45, 7) is 0.986. The molecule has 0 saturated carbocycles. The van der Waals surface area contributed by atoms with Crippen molar-refractivity contribution in [1.82, 2.24) is 10.6 Å². The molecule has 2 unspecified atom stereocenters.